The van der Waals surface area contributed by atoms with Crippen molar-refractivity contribution in [3.05, 3.63) is 20.8 Å². The van der Waals surface area contributed by atoms with Crippen LogP contribution in [0.3, 0.4) is 0 Å². The number of aromatic nitrogens is 2. The maximum Gasteiger partial charge on any atom is 0.264 e. The van der Waals surface area contributed by atoms with Gasteiger partial charge in [0.05, 0.1) is 5.39 Å². The van der Waals surface area contributed by atoms with Crippen LogP contribution in [0.4, 0.5) is 5.95 Å². The average molecular weight is 405 g/mol. The summed E-state index contributed by atoms with van der Waals surface area (Å²) in [6.07, 6.45) is 4.40. The van der Waals surface area contributed by atoms with E-state index in [2.05, 4.69) is 4.90 Å². The van der Waals surface area contributed by atoms with Gasteiger partial charge in [0.25, 0.3) is 5.56 Å². The Morgan fingerprint density at radius 2 is 1.89 bits per heavy atom. The van der Waals surface area contributed by atoms with Crippen molar-refractivity contribution < 1.29 is 9.53 Å². The number of rotatable bonds is 4. The van der Waals surface area contributed by atoms with Gasteiger partial charge in [0, 0.05) is 44.2 Å². The van der Waals surface area contributed by atoms with E-state index in [1.54, 1.807) is 11.3 Å². The first kappa shape index (κ1) is 19.4. The maximum absolute atomic E-state index is 13.4. The summed E-state index contributed by atoms with van der Waals surface area (Å²) in [5, 5.41) is 0.839. The minimum Gasteiger partial charge on any atom is -0.375 e. The van der Waals surface area contributed by atoms with Crippen LogP contribution in [0.2, 0.25) is 0 Å². The lowest BCUT2D eigenvalue weighted by atomic mass is 9.97. The summed E-state index contributed by atoms with van der Waals surface area (Å²) in [5.41, 5.74) is 1.33. The summed E-state index contributed by atoms with van der Waals surface area (Å²) in [7, 11) is 1.54. The fourth-order valence-electron chi connectivity index (χ4n) is 4.27. The number of carbonyl (C=O) groups excluding carboxylic acids is 1. The Balaban J connectivity index is 1.70. The number of thiophene rings is 1. The minimum absolute atomic E-state index is 0.0118. The van der Waals surface area contributed by atoms with E-state index in [0.29, 0.717) is 26.2 Å². The van der Waals surface area contributed by atoms with Crippen molar-refractivity contribution >= 4 is 33.4 Å². The van der Waals surface area contributed by atoms with E-state index in [4.69, 9.17) is 9.72 Å². The van der Waals surface area contributed by atoms with Crippen LogP contribution in [0.25, 0.3) is 10.2 Å². The smallest absolute Gasteiger partial charge is 0.264 e. The molecule has 1 amide bonds. The second kappa shape index (κ2) is 7.83. The zero-order chi connectivity index (χ0) is 19.8. The Labute approximate surface area is 168 Å². The standard InChI is InChI=1S/C20H28N4O3S/c1-13(2)24-19(26)17-14-6-4-5-7-15(14)28-18(17)21-20(24)23-10-8-22(9-11-23)16(25)12-27-3/h13H,4-12H2,1-3H3. The van der Waals surface area contributed by atoms with E-state index in [0.717, 1.165) is 35.4 Å². The molecule has 7 nitrogen and oxygen atoms in total. The molecule has 0 N–H and O–H groups in total. The molecule has 2 aliphatic rings. The van der Waals surface area contributed by atoms with Crippen LogP contribution in [0.1, 0.15) is 43.2 Å². The van der Waals surface area contributed by atoms with Crippen LogP contribution in [-0.2, 0) is 22.4 Å². The Bertz CT molecular complexity index is 941. The Morgan fingerprint density at radius 1 is 1.18 bits per heavy atom. The van der Waals surface area contributed by atoms with Crippen molar-refractivity contribution in [1.29, 1.82) is 0 Å². The predicted octanol–water partition coefficient (Wildman–Crippen LogP) is 2.21. The largest absolute Gasteiger partial charge is 0.375 e. The molecule has 1 saturated heterocycles. The third kappa shape index (κ3) is 3.33. The first-order valence-corrected chi connectivity index (χ1v) is 10.9. The van der Waals surface area contributed by atoms with Gasteiger partial charge in [-0.05, 0) is 45.1 Å². The number of nitrogens with zero attached hydrogens (tertiary/aromatic N) is 4. The van der Waals surface area contributed by atoms with Gasteiger partial charge in [-0.15, -0.1) is 11.3 Å². The molecule has 0 bridgehead atoms. The van der Waals surface area contributed by atoms with Crippen LogP contribution in [-0.4, -0.2) is 60.3 Å². The molecule has 0 spiro atoms. The Kier molecular flexibility index (Phi) is 5.42. The summed E-state index contributed by atoms with van der Waals surface area (Å²) in [4.78, 5) is 36.7. The van der Waals surface area contributed by atoms with Crippen LogP contribution >= 0.6 is 11.3 Å². The van der Waals surface area contributed by atoms with Crippen molar-refractivity contribution in [1.82, 2.24) is 14.5 Å². The van der Waals surface area contributed by atoms with Gasteiger partial charge in [0.1, 0.15) is 11.4 Å². The highest BCUT2D eigenvalue weighted by Gasteiger charge is 2.28. The molecule has 2 aromatic rings. The van der Waals surface area contributed by atoms with E-state index in [-0.39, 0.29) is 24.1 Å². The molecule has 0 radical (unpaired) electrons. The quantitative estimate of drug-likeness (QED) is 0.782. The molecule has 2 aromatic heterocycles. The van der Waals surface area contributed by atoms with Gasteiger partial charge in [-0.3, -0.25) is 14.2 Å². The normalized spacial score (nSPS) is 17.4. The number of ether oxygens (including phenoxy) is 1. The molecule has 28 heavy (non-hydrogen) atoms. The molecule has 8 heteroatoms. The lowest BCUT2D eigenvalue weighted by molar-refractivity contribution is -0.135. The Hall–Kier alpha value is -1.93. The molecule has 0 atom stereocenters. The molecule has 3 heterocycles. The van der Waals surface area contributed by atoms with E-state index < -0.39 is 0 Å². The second-order valence-corrected chi connectivity index (χ2v) is 8.96. The summed E-state index contributed by atoms with van der Waals surface area (Å²) in [6, 6.07) is 0.0340. The topological polar surface area (TPSA) is 67.7 Å². The van der Waals surface area contributed by atoms with Gasteiger partial charge in [-0.1, -0.05) is 0 Å². The van der Waals surface area contributed by atoms with Gasteiger partial charge < -0.3 is 14.5 Å². The highest BCUT2D eigenvalue weighted by molar-refractivity contribution is 7.18. The van der Waals surface area contributed by atoms with E-state index in [1.165, 1.54) is 24.0 Å². The van der Waals surface area contributed by atoms with Crippen molar-refractivity contribution in [3.63, 3.8) is 0 Å². The number of hydrogen-bond donors (Lipinski definition) is 0. The number of carbonyl (C=O) groups is 1. The minimum atomic E-state index is 0.0118. The first-order chi connectivity index (χ1) is 13.5. The molecule has 1 fully saturated rings. The summed E-state index contributed by atoms with van der Waals surface area (Å²) in [5.74, 6) is 0.752. The molecule has 4 rings (SSSR count). The SMILES string of the molecule is COCC(=O)N1CCN(c2nc3sc4c(c3c(=O)n2C(C)C)CCCC4)CC1. The van der Waals surface area contributed by atoms with Crippen molar-refractivity contribution in [2.45, 2.75) is 45.6 Å². The third-order valence-electron chi connectivity index (χ3n) is 5.70. The summed E-state index contributed by atoms with van der Waals surface area (Å²) in [6.45, 7) is 6.77. The van der Waals surface area contributed by atoms with Crippen LogP contribution < -0.4 is 10.5 Å². The number of piperazine rings is 1. The number of anilines is 1. The number of fused-ring (bicyclic) bond motifs is 3. The zero-order valence-corrected chi connectivity index (χ0v) is 17.7. The predicted molar refractivity (Wildman–Crippen MR) is 112 cm³/mol. The van der Waals surface area contributed by atoms with Crippen LogP contribution in [0.5, 0.6) is 0 Å². The number of amides is 1. The monoisotopic (exact) mass is 404 g/mol. The van der Waals surface area contributed by atoms with E-state index >= 15 is 0 Å². The molecule has 0 aromatic carbocycles. The molecular weight excluding hydrogens is 376 g/mol. The highest BCUT2D eigenvalue weighted by Crippen LogP contribution is 2.35. The fourth-order valence-corrected chi connectivity index (χ4v) is 5.51. The van der Waals surface area contributed by atoms with Gasteiger partial charge in [-0.2, -0.15) is 0 Å². The average Bonchev–Trinajstić information content (AvgIpc) is 3.06. The van der Waals surface area contributed by atoms with E-state index in [9.17, 15) is 9.59 Å². The Morgan fingerprint density at radius 3 is 2.57 bits per heavy atom. The lowest BCUT2D eigenvalue weighted by Crippen LogP contribution is -2.51. The molecule has 0 unspecified atom stereocenters. The molecule has 0 saturated carbocycles. The zero-order valence-electron chi connectivity index (χ0n) is 16.9. The second-order valence-electron chi connectivity index (χ2n) is 7.87. The summed E-state index contributed by atoms with van der Waals surface area (Å²) >= 11 is 1.69. The number of hydrogen-bond acceptors (Lipinski definition) is 6. The first-order valence-electron chi connectivity index (χ1n) is 10.1. The molecule has 1 aliphatic carbocycles. The lowest BCUT2D eigenvalue weighted by Gasteiger charge is -2.36. The van der Waals surface area contributed by atoms with Crippen LogP contribution in [0, 0.1) is 0 Å². The van der Waals surface area contributed by atoms with Gasteiger partial charge in [-0.25, -0.2) is 4.98 Å². The van der Waals surface area contributed by atoms with Gasteiger partial charge in [0.2, 0.25) is 11.9 Å². The molecule has 1 aliphatic heterocycles. The molecule has 152 valence electrons. The van der Waals surface area contributed by atoms with Crippen molar-refractivity contribution in [2.75, 3.05) is 44.8 Å². The fraction of sp³-hybridized carbons (Fsp3) is 0.650. The van der Waals surface area contributed by atoms with Gasteiger partial charge in [0.15, 0.2) is 0 Å². The third-order valence-corrected chi connectivity index (χ3v) is 6.89. The number of aryl methyl sites for hydroxylation is 2. The van der Waals surface area contributed by atoms with Crippen molar-refractivity contribution in [3.8, 4) is 0 Å². The van der Waals surface area contributed by atoms with Crippen LogP contribution in [0.15, 0.2) is 4.79 Å². The molecular formula is C20H28N4O3S. The van der Waals surface area contributed by atoms with E-state index in [1.807, 2.05) is 23.3 Å². The maximum atomic E-state index is 13.4. The highest BCUT2D eigenvalue weighted by atomic mass is 32.1. The number of methoxy groups -OCH3 is 1. The van der Waals surface area contributed by atoms with Gasteiger partial charge >= 0.3 is 0 Å². The van der Waals surface area contributed by atoms with Crippen molar-refractivity contribution in [2.24, 2.45) is 0 Å². The summed E-state index contributed by atoms with van der Waals surface area (Å²) < 4.78 is 6.81.